The van der Waals surface area contributed by atoms with Gasteiger partial charge in [-0.2, -0.15) is 0 Å². The molecule has 100 valence electrons. The van der Waals surface area contributed by atoms with Crippen molar-refractivity contribution in [1.29, 1.82) is 0 Å². The van der Waals surface area contributed by atoms with Crippen LogP contribution in [-0.2, 0) is 4.79 Å². The van der Waals surface area contributed by atoms with Crippen LogP contribution in [0.25, 0.3) is 0 Å². The SMILES string of the molecule is O=C1C[C@H](c2ccccc2)c2cc3c(cc2O1)OCO3. The minimum Gasteiger partial charge on any atom is -0.454 e. The number of benzene rings is 2. The zero-order valence-electron chi connectivity index (χ0n) is 10.7. The molecule has 20 heavy (non-hydrogen) atoms. The predicted octanol–water partition coefficient (Wildman–Crippen LogP) is 2.86. The predicted molar refractivity (Wildman–Crippen MR) is 71.1 cm³/mol. The first-order valence-electron chi connectivity index (χ1n) is 6.50. The second-order valence-corrected chi connectivity index (χ2v) is 4.88. The van der Waals surface area contributed by atoms with Crippen molar-refractivity contribution in [2.45, 2.75) is 12.3 Å². The Balaban J connectivity index is 1.86. The second kappa shape index (κ2) is 4.27. The van der Waals surface area contributed by atoms with Crippen LogP contribution in [0.2, 0.25) is 0 Å². The van der Waals surface area contributed by atoms with Crippen LogP contribution in [0, 0.1) is 0 Å². The number of hydrogen-bond donors (Lipinski definition) is 0. The summed E-state index contributed by atoms with van der Waals surface area (Å²) in [6, 6.07) is 13.6. The van der Waals surface area contributed by atoms with E-state index in [0.717, 1.165) is 11.1 Å². The largest absolute Gasteiger partial charge is 0.454 e. The molecule has 4 heteroatoms. The molecule has 2 heterocycles. The third kappa shape index (κ3) is 1.72. The Morgan fingerprint density at radius 1 is 0.950 bits per heavy atom. The Morgan fingerprint density at radius 2 is 1.70 bits per heavy atom. The molecular formula is C16H12O4. The molecule has 0 N–H and O–H groups in total. The molecule has 0 saturated carbocycles. The Kier molecular flexibility index (Phi) is 2.42. The number of rotatable bonds is 1. The molecule has 0 aliphatic carbocycles. The van der Waals surface area contributed by atoms with Crippen molar-refractivity contribution in [2.24, 2.45) is 0 Å². The molecule has 2 aliphatic heterocycles. The van der Waals surface area contributed by atoms with Gasteiger partial charge in [0.05, 0.1) is 6.42 Å². The molecule has 0 radical (unpaired) electrons. The molecule has 2 aromatic carbocycles. The molecule has 0 saturated heterocycles. The topological polar surface area (TPSA) is 44.8 Å². The van der Waals surface area contributed by atoms with Gasteiger partial charge in [-0.25, -0.2) is 0 Å². The van der Waals surface area contributed by atoms with E-state index >= 15 is 0 Å². The summed E-state index contributed by atoms with van der Waals surface area (Å²) in [4.78, 5) is 11.8. The fourth-order valence-electron chi connectivity index (χ4n) is 2.72. The van der Waals surface area contributed by atoms with Crippen molar-refractivity contribution >= 4 is 5.97 Å². The van der Waals surface area contributed by atoms with Crippen LogP contribution in [0.5, 0.6) is 17.2 Å². The van der Waals surface area contributed by atoms with Gasteiger partial charge in [0, 0.05) is 17.5 Å². The fourth-order valence-corrected chi connectivity index (χ4v) is 2.72. The lowest BCUT2D eigenvalue weighted by Crippen LogP contribution is -2.20. The van der Waals surface area contributed by atoms with Crippen LogP contribution in [0.3, 0.4) is 0 Å². The van der Waals surface area contributed by atoms with Gasteiger partial charge in [0.2, 0.25) is 6.79 Å². The Hall–Kier alpha value is -2.49. The summed E-state index contributed by atoms with van der Waals surface area (Å²) in [7, 11) is 0. The third-order valence-electron chi connectivity index (χ3n) is 3.68. The summed E-state index contributed by atoms with van der Waals surface area (Å²) >= 11 is 0. The van der Waals surface area contributed by atoms with Crippen molar-refractivity contribution < 1.29 is 19.0 Å². The highest BCUT2D eigenvalue weighted by molar-refractivity contribution is 5.78. The summed E-state index contributed by atoms with van der Waals surface area (Å²) in [5.74, 6) is 1.69. The summed E-state index contributed by atoms with van der Waals surface area (Å²) in [6.07, 6.45) is 0.344. The van der Waals surface area contributed by atoms with Crippen molar-refractivity contribution in [2.75, 3.05) is 6.79 Å². The normalized spacial score (nSPS) is 19.4. The highest BCUT2D eigenvalue weighted by Crippen LogP contribution is 2.45. The summed E-state index contributed by atoms with van der Waals surface area (Å²) in [5.41, 5.74) is 2.07. The lowest BCUT2D eigenvalue weighted by atomic mass is 9.86. The lowest BCUT2D eigenvalue weighted by molar-refractivity contribution is -0.135. The number of fused-ring (bicyclic) bond motifs is 2. The maximum Gasteiger partial charge on any atom is 0.312 e. The van der Waals surface area contributed by atoms with E-state index in [1.54, 1.807) is 6.07 Å². The number of carbonyl (C=O) groups is 1. The molecule has 0 fully saturated rings. The standard InChI is InChI=1S/C16H12O4/c17-16-7-11(10-4-2-1-3-5-10)12-6-14-15(19-9-18-14)8-13(12)20-16/h1-6,8,11H,7,9H2/t11-/m1/s1. The average Bonchev–Trinajstić information content (AvgIpc) is 2.92. The Labute approximate surface area is 115 Å². The van der Waals surface area contributed by atoms with E-state index in [4.69, 9.17) is 14.2 Å². The number of esters is 1. The van der Waals surface area contributed by atoms with E-state index in [2.05, 4.69) is 0 Å². The van der Waals surface area contributed by atoms with Crippen molar-refractivity contribution in [3.8, 4) is 17.2 Å². The number of carbonyl (C=O) groups excluding carboxylic acids is 1. The molecule has 2 aliphatic rings. The number of hydrogen-bond acceptors (Lipinski definition) is 4. The van der Waals surface area contributed by atoms with E-state index in [0.29, 0.717) is 23.7 Å². The van der Waals surface area contributed by atoms with E-state index in [1.165, 1.54) is 0 Å². The third-order valence-corrected chi connectivity index (χ3v) is 3.68. The summed E-state index contributed by atoms with van der Waals surface area (Å²) in [6.45, 7) is 0.210. The molecule has 4 nitrogen and oxygen atoms in total. The molecule has 0 bridgehead atoms. The monoisotopic (exact) mass is 268 g/mol. The number of ether oxygens (including phenoxy) is 3. The minimum atomic E-state index is -0.217. The van der Waals surface area contributed by atoms with E-state index in [9.17, 15) is 4.79 Å². The van der Waals surface area contributed by atoms with Gasteiger partial charge in [-0.15, -0.1) is 0 Å². The van der Waals surface area contributed by atoms with Crippen LogP contribution in [0.4, 0.5) is 0 Å². The molecule has 0 amide bonds. The second-order valence-electron chi connectivity index (χ2n) is 4.88. The van der Waals surface area contributed by atoms with Crippen LogP contribution >= 0.6 is 0 Å². The Bertz CT molecular complexity index is 678. The maximum atomic E-state index is 11.8. The van der Waals surface area contributed by atoms with Gasteiger partial charge in [0.25, 0.3) is 0 Å². The van der Waals surface area contributed by atoms with Gasteiger partial charge in [0.1, 0.15) is 5.75 Å². The van der Waals surface area contributed by atoms with E-state index in [1.807, 2.05) is 36.4 Å². The zero-order valence-corrected chi connectivity index (χ0v) is 10.7. The minimum absolute atomic E-state index is 0.00181. The first-order chi connectivity index (χ1) is 9.81. The van der Waals surface area contributed by atoms with Gasteiger partial charge in [-0.05, 0) is 11.6 Å². The first kappa shape index (κ1) is 11.3. The molecule has 4 rings (SSSR count). The maximum absolute atomic E-state index is 11.8. The van der Waals surface area contributed by atoms with Gasteiger partial charge in [-0.3, -0.25) is 4.79 Å². The van der Waals surface area contributed by atoms with Crippen molar-refractivity contribution in [3.05, 3.63) is 53.6 Å². The van der Waals surface area contributed by atoms with Gasteiger partial charge in [0.15, 0.2) is 11.5 Å². The highest BCUT2D eigenvalue weighted by Gasteiger charge is 2.31. The molecule has 1 atom stereocenters. The molecule has 0 unspecified atom stereocenters. The highest BCUT2D eigenvalue weighted by atomic mass is 16.7. The lowest BCUT2D eigenvalue weighted by Gasteiger charge is -2.25. The van der Waals surface area contributed by atoms with Crippen LogP contribution in [-0.4, -0.2) is 12.8 Å². The fraction of sp³-hybridized carbons (Fsp3) is 0.188. The van der Waals surface area contributed by atoms with Gasteiger partial charge >= 0.3 is 5.97 Å². The summed E-state index contributed by atoms with van der Waals surface area (Å²) in [5, 5.41) is 0. The Morgan fingerprint density at radius 3 is 2.50 bits per heavy atom. The first-order valence-corrected chi connectivity index (χ1v) is 6.50. The van der Waals surface area contributed by atoms with E-state index < -0.39 is 0 Å². The van der Waals surface area contributed by atoms with Crippen LogP contribution < -0.4 is 14.2 Å². The summed E-state index contributed by atoms with van der Waals surface area (Å²) < 4.78 is 16.1. The van der Waals surface area contributed by atoms with Gasteiger partial charge in [-0.1, -0.05) is 30.3 Å². The molecule has 2 aromatic rings. The zero-order chi connectivity index (χ0) is 13.5. The smallest absolute Gasteiger partial charge is 0.312 e. The van der Waals surface area contributed by atoms with E-state index in [-0.39, 0.29) is 18.7 Å². The van der Waals surface area contributed by atoms with Crippen molar-refractivity contribution in [3.63, 3.8) is 0 Å². The molecule has 0 spiro atoms. The van der Waals surface area contributed by atoms with Crippen LogP contribution in [0.15, 0.2) is 42.5 Å². The average molecular weight is 268 g/mol. The van der Waals surface area contributed by atoms with Crippen molar-refractivity contribution in [1.82, 2.24) is 0 Å². The van der Waals surface area contributed by atoms with Crippen LogP contribution in [0.1, 0.15) is 23.5 Å². The molecular weight excluding hydrogens is 256 g/mol. The van der Waals surface area contributed by atoms with Gasteiger partial charge < -0.3 is 14.2 Å². The quantitative estimate of drug-likeness (QED) is 0.589. The molecule has 0 aromatic heterocycles.